The molecule has 0 bridgehead atoms. The average Bonchev–Trinajstić information content (AvgIpc) is 3.32. The number of rotatable bonds is 8. The van der Waals surface area contributed by atoms with E-state index in [4.69, 9.17) is 42.1 Å². The molecule has 0 spiro atoms. The van der Waals surface area contributed by atoms with Crippen LogP contribution < -0.4 is 19.1 Å². The van der Waals surface area contributed by atoms with Crippen molar-refractivity contribution in [2.24, 2.45) is 0 Å². The van der Waals surface area contributed by atoms with Crippen molar-refractivity contribution in [1.82, 2.24) is 4.90 Å². The van der Waals surface area contributed by atoms with Gasteiger partial charge < -0.3 is 23.8 Å². The summed E-state index contributed by atoms with van der Waals surface area (Å²) < 4.78 is 22.9. The summed E-state index contributed by atoms with van der Waals surface area (Å²) in [5.74, 6) is 1.89. The van der Waals surface area contributed by atoms with Gasteiger partial charge in [-0.15, -0.1) is 0 Å². The maximum atomic E-state index is 14.2. The van der Waals surface area contributed by atoms with Crippen LogP contribution in [-0.2, 0) is 22.5 Å². The van der Waals surface area contributed by atoms with E-state index >= 15 is 0 Å². The first-order chi connectivity index (χ1) is 19.4. The van der Waals surface area contributed by atoms with Crippen LogP contribution in [0.1, 0.15) is 38.8 Å². The average molecular weight is 602 g/mol. The number of carbonyl (C=O) groups excluding carboxylic acids is 2. The van der Waals surface area contributed by atoms with Crippen LogP contribution in [0.3, 0.4) is 0 Å². The summed E-state index contributed by atoms with van der Waals surface area (Å²) in [6, 6.07) is 15.1. The van der Waals surface area contributed by atoms with E-state index in [1.807, 2.05) is 31.2 Å². The fraction of sp³-hybridized carbons (Fsp3) is 0.355. The van der Waals surface area contributed by atoms with Crippen molar-refractivity contribution >= 4 is 40.9 Å². The van der Waals surface area contributed by atoms with Crippen LogP contribution in [0.5, 0.6) is 23.0 Å². The predicted octanol–water partition coefficient (Wildman–Crippen LogP) is 7.52. The van der Waals surface area contributed by atoms with Gasteiger partial charge in [-0.2, -0.15) is 0 Å². The monoisotopic (exact) mass is 600 g/mol. The Morgan fingerprint density at radius 3 is 2.32 bits per heavy atom. The second-order valence-corrected chi connectivity index (χ2v) is 11.4. The molecule has 0 saturated carbocycles. The molecule has 0 aliphatic carbocycles. The molecule has 4 rings (SSSR count). The summed E-state index contributed by atoms with van der Waals surface area (Å²) in [4.78, 5) is 30.8. The molecule has 2 amide bonds. The summed E-state index contributed by atoms with van der Waals surface area (Å²) >= 11 is 12.2. The zero-order valence-electron chi connectivity index (χ0n) is 24.0. The lowest BCUT2D eigenvalue weighted by Crippen LogP contribution is -2.50. The minimum Gasteiger partial charge on any atom is -0.497 e. The highest BCUT2D eigenvalue weighted by Crippen LogP contribution is 2.43. The maximum Gasteiger partial charge on any atom is 0.415 e. The quantitative estimate of drug-likeness (QED) is 0.266. The van der Waals surface area contributed by atoms with Gasteiger partial charge in [-0.3, -0.25) is 9.69 Å². The second-order valence-electron chi connectivity index (χ2n) is 10.5. The van der Waals surface area contributed by atoms with Crippen molar-refractivity contribution in [3.63, 3.8) is 0 Å². The van der Waals surface area contributed by atoms with Gasteiger partial charge in [0.15, 0.2) is 0 Å². The van der Waals surface area contributed by atoms with Crippen molar-refractivity contribution in [1.29, 1.82) is 0 Å². The molecule has 1 atom stereocenters. The minimum atomic E-state index is -0.844. The van der Waals surface area contributed by atoms with Gasteiger partial charge in [0.25, 0.3) is 0 Å². The molecular weight excluding hydrogens is 567 g/mol. The van der Waals surface area contributed by atoms with E-state index in [1.54, 1.807) is 63.1 Å². The van der Waals surface area contributed by atoms with Crippen LogP contribution >= 0.6 is 23.2 Å². The molecule has 0 radical (unpaired) electrons. The number of fused-ring (bicyclic) bond motifs is 1. The Hall–Kier alpha value is -3.62. The van der Waals surface area contributed by atoms with Gasteiger partial charge in [-0.1, -0.05) is 41.4 Å². The number of para-hydroxylation sites is 1. The van der Waals surface area contributed by atoms with Crippen molar-refractivity contribution in [2.75, 3.05) is 25.7 Å². The highest BCUT2D eigenvalue weighted by molar-refractivity contribution is 6.42. The zero-order chi connectivity index (χ0) is 29.9. The largest absolute Gasteiger partial charge is 0.497 e. The molecule has 0 saturated heterocycles. The predicted molar refractivity (Wildman–Crippen MR) is 160 cm³/mol. The van der Waals surface area contributed by atoms with E-state index < -0.39 is 17.7 Å². The van der Waals surface area contributed by atoms with Crippen molar-refractivity contribution < 1.29 is 28.5 Å². The molecule has 0 aromatic heterocycles. The van der Waals surface area contributed by atoms with Gasteiger partial charge in [-0.25, -0.2) is 4.79 Å². The normalized spacial score (nSPS) is 14.3. The number of hydrogen-bond donors (Lipinski definition) is 0. The summed E-state index contributed by atoms with van der Waals surface area (Å²) in [5, 5.41) is 0.804. The van der Waals surface area contributed by atoms with E-state index in [9.17, 15) is 9.59 Å². The zero-order valence-corrected chi connectivity index (χ0v) is 25.5. The molecule has 1 aliphatic heterocycles. The first kappa shape index (κ1) is 30.3. The molecule has 3 aromatic carbocycles. The standard InChI is InChI=1S/C31H34Cl2N2O6/c1-7-34(18-19-10-8-9-11-27(19)40-20-12-13-23(32)24(33)14-20)29(36)26-17-22-25(15-21(38-5)16-28(22)39-6)35(26)30(37)41-31(2,3)4/h8-16,26H,7,17-18H2,1-6H3. The molecular formula is C31H34Cl2N2O6. The second kappa shape index (κ2) is 12.5. The number of amides is 2. The fourth-order valence-electron chi connectivity index (χ4n) is 4.68. The van der Waals surface area contributed by atoms with Crippen LogP contribution in [0, 0.1) is 0 Å². The number of carbonyl (C=O) groups is 2. The summed E-state index contributed by atoms with van der Waals surface area (Å²) in [5.41, 5.74) is 1.28. The van der Waals surface area contributed by atoms with Crippen molar-refractivity contribution in [3.8, 4) is 23.0 Å². The number of benzene rings is 3. The topological polar surface area (TPSA) is 77.5 Å². The lowest BCUT2D eigenvalue weighted by molar-refractivity contribution is -0.133. The Kier molecular flexibility index (Phi) is 9.24. The number of halogens is 2. The molecule has 0 fully saturated rings. The Labute approximate surface area is 250 Å². The Morgan fingerprint density at radius 2 is 1.68 bits per heavy atom. The van der Waals surface area contributed by atoms with Crippen LogP contribution in [0.25, 0.3) is 0 Å². The number of nitrogens with zero attached hydrogens (tertiary/aromatic N) is 2. The van der Waals surface area contributed by atoms with Gasteiger partial charge >= 0.3 is 6.09 Å². The number of hydrogen-bond acceptors (Lipinski definition) is 6. The highest BCUT2D eigenvalue weighted by Gasteiger charge is 2.44. The van der Waals surface area contributed by atoms with E-state index in [-0.39, 0.29) is 18.9 Å². The van der Waals surface area contributed by atoms with Crippen molar-refractivity contribution in [3.05, 3.63) is 75.8 Å². The molecule has 218 valence electrons. The van der Waals surface area contributed by atoms with E-state index in [2.05, 4.69) is 0 Å². The SMILES string of the molecule is CCN(Cc1ccccc1Oc1ccc(Cl)c(Cl)c1)C(=O)C1Cc2c(OC)cc(OC)cc2N1C(=O)OC(C)(C)C. The van der Waals surface area contributed by atoms with E-state index in [1.165, 1.54) is 12.0 Å². The van der Waals surface area contributed by atoms with E-state index in [0.29, 0.717) is 45.3 Å². The third-order valence-electron chi connectivity index (χ3n) is 6.60. The van der Waals surface area contributed by atoms with E-state index in [0.717, 1.165) is 11.1 Å². The lowest BCUT2D eigenvalue weighted by atomic mass is 10.1. The molecule has 1 aliphatic rings. The molecule has 0 N–H and O–H groups in total. The molecule has 41 heavy (non-hydrogen) atoms. The van der Waals surface area contributed by atoms with Gasteiger partial charge in [0.2, 0.25) is 5.91 Å². The van der Waals surface area contributed by atoms with Gasteiger partial charge in [-0.05, 0) is 45.9 Å². The number of ether oxygens (including phenoxy) is 4. The number of anilines is 1. The molecule has 1 heterocycles. The Morgan fingerprint density at radius 1 is 0.951 bits per heavy atom. The molecule has 3 aromatic rings. The first-order valence-electron chi connectivity index (χ1n) is 13.2. The van der Waals surface area contributed by atoms with Crippen LogP contribution in [0.15, 0.2) is 54.6 Å². The van der Waals surface area contributed by atoms with Crippen LogP contribution in [-0.4, -0.2) is 49.3 Å². The first-order valence-corrected chi connectivity index (χ1v) is 14.0. The summed E-state index contributed by atoms with van der Waals surface area (Å²) in [7, 11) is 3.08. The Balaban J connectivity index is 1.66. The number of likely N-dealkylation sites (N-methyl/N-ethyl adjacent to an activating group) is 1. The highest BCUT2D eigenvalue weighted by atomic mass is 35.5. The fourth-order valence-corrected chi connectivity index (χ4v) is 4.96. The minimum absolute atomic E-state index is 0.236. The van der Waals surface area contributed by atoms with Crippen LogP contribution in [0.2, 0.25) is 10.0 Å². The summed E-state index contributed by atoms with van der Waals surface area (Å²) in [6.45, 7) is 7.90. The van der Waals surface area contributed by atoms with Crippen molar-refractivity contribution in [2.45, 2.75) is 52.3 Å². The van der Waals surface area contributed by atoms with Gasteiger partial charge in [0, 0.05) is 48.8 Å². The lowest BCUT2D eigenvalue weighted by Gasteiger charge is -2.32. The smallest absolute Gasteiger partial charge is 0.415 e. The van der Waals surface area contributed by atoms with Gasteiger partial charge in [0.1, 0.15) is 34.6 Å². The van der Waals surface area contributed by atoms with Crippen LogP contribution in [0.4, 0.5) is 10.5 Å². The maximum absolute atomic E-state index is 14.2. The molecule has 10 heteroatoms. The van der Waals surface area contributed by atoms with Gasteiger partial charge in [0.05, 0.1) is 30.0 Å². The third kappa shape index (κ3) is 6.82. The number of methoxy groups -OCH3 is 2. The Bertz CT molecular complexity index is 1440. The summed E-state index contributed by atoms with van der Waals surface area (Å²) in [6.07, 6.45) is -0.359. The third-order valence-corrected chi connectivity index (χ3v) is 7.34. The molecule has 1 unspecified atom stereocenters. The molecule has 8 nitrogen and oxygen atoms in total.